The number of rotatable bonds is 5. The first-order valence-corrected chi connectivity index (χ1v) is 10.1. The van der Waals surface area contributed by atoms with Crippen LogP contribution in [-0.2, 0) is 14.4 Å². The molecule has 26 heavy (non-hydrogen) atoms. The van der Waals surface area contributed by atoms with E-state index in [1.807, 2.05) is 43.0 Å². The van der Waals surface area contributed by atoms with E-state index in [9.17, 15) is 14.4 Å². The van der Waals surface area contributed by atoms with Gasteiger partial charge in [0.05, 0.1) is 11.4 Å². The van der Waals surface area contributed by atoms with Crippen molar-refractivity contribution in [2.24, 2.45) is 5.92 Å². The molecule has 1 aromatic rings. The van der Waals surface area contributed by atoms with Crippen LogP contribution in [0.4, 0.5) is 5.69 Å². The molecule has 1 aromatic carbocycles. The maximum absolute atomic E-state index is 12.8. The monoisotopic (exact) mass is 375 g/mol. The number of hydrogen-bond acceptors (Lipinski definition) is 4. The van der Waals surface area contributed by atoms with Gasteiger partial charge in [-0.3, -0.25) is 14.4 Å². The van der Waals surface area contributed by atoms with Gasteiger partial charge >= 0.3 is 0 Å². The third kappa shape index (κ3) is 4.03. The van der Waals surface area contributed by atoms with Gasteiger partial charge in [0, 0.05) is 30.4 Å². The Balaban J connectivity index is 1.61. The minimum Gasteiger partial charge on any atom is -0.353 e. The molecule has 1 fully saturated rings. The first-order valence-electron chi connectivity index (χ1n) is 9.09. The number of nitrogens with one attached hydrogen (secondary N) is 1. The standard InChI is InChI=1S/C19H25N3O3S/c1-3-17(23)20-13(2)14-8-9-21(10-14)18(24)11-22-15-6-4-5-7-16(15)26-12-19(22)25/h4-7,13-14H,3,8-12H2,1-2H3,(H,20,23). The fourth-order valence-electron chi connectivity index (χ4n) is 3.46. The van der Waals surface area contributed by atoms with Crippen molar-refractivity contribution in [3.8, 4) is 0 Å². The van der Waals surface area contributed by atoms with Crippen LogP contribution >= 0.6 is 11.8 Å². The van der Waals surface area contributed by atoms with Crippen molar-refractivity contribution in [1.29, 1.82) is 0 Å². The van der Waals surface area contributed by atoms with Crippen molar-refractivity contribution in [2.45, 2.75) is 37.6 Å². The van der Waals surface area contributed by atoms with Crippen molar-refractivity contribution < 1.29 is 14.4 Å². The minimum atomic E-state index is -0.0310. The molecule has 3 amide bonds. The molecule has 0 aliphatic carbocycles. The highest BCUT2D eigenvalue weighted by Gasteiger charge is 2.33. The summed E-state index contributed by atoms with van der Waals surface area (Å²) in [6.07, 6.45) is 1.34. The van der Waals surface area contributed by atoms with Gasteiger partial charge in [-0.15, -0.1) is 11.8 Å². The molecule has 2 aliphatic heterocycles. The van der Waals surface area contributed by atoms with Crippen LogP contribution in [-0.4, -0.2) is 54.1 Å². The first-order chi connectivity index (χ1) is 12.5. The highest BCUT2D eigenvalue weighted by molar-refractivity contribution is 8.00. The number of benzene rings is 1. The Labute approximate surface area is 158 Å². The number of likely N-dealkylation sites (tertiary alicyclic amines) is 1. The number of para-hydroxylation sites is 1. The summed E-state index contributed by atoms with van der Waals surface area (Å²) in [5.41, 5.74) is 0.821. The van der Waals surface area contributed by atoms with Crippen LogP contribution in [0, 0.1) is 5.92 Å². The Bertz CT molecular complexity index is 709. The number of hydrogen-bond donors (Lipinski definition) is 1. The number of anilines is 1. The highest BCUT2D eigenvalue weighted by atomic mass is 32.2. The predicted molar refractivity (Wildman–Crippen MR) is 102 cm³/mol. The Kier molecular flexibility index (Phi) is 5.86. The summed E-state index contributed by atoms with van der Waals surface area (Å²) < 4.78 is 0. The largest absolute Gasteiger partial charge is 0.353 e. The molecule has 2 heterocycles. The summed E-state index contributed by atoms with van der Waals surface area (Å²) in [6.45, 7) is 5.21. The zero-order chi connectivity index (χ0) is 18.7. The van der Waals surface area contributed by atoms with E-state index in [4.69, 9.17) is 0 Å². The molecular formula is C19H25N3O3S. The number of thioether (sulfide) groups is 1. The zero-order valence-electron chi connectivity index (χ0n) is 15.2. The average Bonchev–Trinajstić information content (AvgIpc) is 3.14. The van der Waals surface area contributed by atoms with E-state index >= 15 is 0 Å². The minimum absolute atomic E-state index is 0.0265. The lowest BCUT2D eigenvalue weighted by atomic mass is 10.0. The van der Waals surface area contributed by atoms with Gasteiger partial charge in [0.2, 0.25) is 17.7 Å². The third-order valence-corrected chi connectivity index (χ3v) is 6.14. The lowest BCUT2D eigenvalue weighted by Crippen LogP contribution is -2.45. The maximum Gasteiger partial charge on any atom is 0.242 e. The molecule has 0 saturated carbocycles. The molecule has 1 N–H and O–H groups in total. The van der Waals surface area contributed by atoms with Crippen LogP contribution in [0.2, 0.25) is 0 Å². The summed E-state index contributed by atoms with van der Waals surface area (Å²) in [7, 11) is 0. The summed E-state index contributed by atoms with van der Waals surface area (Å²) in [5, 5.41) is 2.99. The lowest BCUT2D eigenvalue weighted by molar-refractivity contribution is -0.130. The molecule has 1 saturated heterocycles. The normalized spacial score (nSPS) is 20.7. The van der Waals surface area contributed by atoms with Crippen molar-refractivity contribution in [1.82, 2.24) is 10.2 Å². The van der Waals surface area contributed by atoms with Crippen molar-refractivity contribution >= 4 is 35.2 Å². The molecule has 0 spiro atoms. The van der Waals surface area contributed by atoms with Gasteiger partial charge in [-0.25, -0.2) is 0 Å². The molecule has 2 atom stereocenters. The molecule has 3 rings (SSSR count). The van der Waals surface area contributed by atoms with E-state index in [-0.39, 0.29) is 36.2 Å². The summed E-state index contributed by atoms with van der Waals surface area (Å²) in [5.74, 6) is 0.607. The first kappa shape index (κ1) is 18.8. The number of carbonyl (C=O) groups excluding carboxylic acids is 3. The van der Waals surface area contributed by atoms with Crippen LogP contribution in [0.3, 0.4) is 0 Å². The SMILES string of the molecule is CCC(=O)NC(C)C1CCN(C(=O)CN2C(=O)CSc3ccccc32)C1. The van der Waals surface area contributed by atoms with E-state index in [1.54, 1.807) is 4.90 Å². The van der Waals surface area contributed by atoms with Crippen LogP contribution in [0.5, 0.6) is 0 Å². The molecule has 0 aromatic heterocycles. The quantitative estimate of drug-likeness (QED) is 0.853. The molecule has 2 aliphatic rings. The van der Waals surface area contributed by atoms with Gasteiger partial charge in [-0.05, 0) is 31.4 Å². The predicted octanol–water partition coefficient (Wildman–Crippen LogP) is 1.89. The highest BCUT2D eigenvalue weighted by Crippen LogP contribution is 2.35. The molecule has 0 bridgehead atoms. The Morgan fingerprint density at radius 1 is 1.35 bits per heavy atom. The van der Waals surface area contributed by atoms with Gasteiger partial charge in [0.25, 0.3) is 0 Å². The second kappa shape index (κ2) is 8.12. The maximum atomic E-state index is 12.8. The average molecular weight is 375 g/mol. The number of amides is 3. The van der Waals surface area contributed by atoms with Gasteiger partial charge < -0.3 is 15.1 Å². The molecule has 6 nitrogen and oxygen atoms in total. The summed E-state index contributed by atoms with van der Waals surface area (Å²) in [6, 6.07) is 7.75. The Hall–Kier alpha value is -2.02. The smallest absolute Gasteiger partial charge is 0.242 e. The molecule has 0 radical (unpaired) electrons. The van der Waals surface area contributed by atoms with Gasteiger partial charge in [0.1, 0.15) is 6.54 Å². The second-order valence-electron chi connectivity index (χ2n) is 6.83. The van der Waals surface area contributed by atoms with Gasteiger partial charge in [0.15, 0.2) is 0 Å². The van der Waals surface area contributed by atoms with Gasteiger partial charge in [-0.2, -0.15) is 0 Å². The van der Waals surface area contributed by atoms with E-state index in [0.29, 0.717) is 25.3 Å². The second-order valence-corrected chi connectivity index (χ2v) is 7.85. The zero-order valence-corrected chi connectivity index (χ0v) is 16.1. The molecule has 7 heteroatoms. The van der Waals surface area contributed by atoms with Crippen LogP contribution in [0.25, 0.3) is 0 Å². The van der Waals surface area contributed by atoms with Crippen molar-refractivity contribution in [2.75, 3.05) is 30.3 Å². The number of nitrogens with zero attached hydrogens (tertiary/aromatic N) is 2. The van der Waals surface area contributed by atoms with E-state index in [2.05, 4.69) is 5.32 Å². The molecular weight excluding hydrogens is 350 g/mol. The summed E-state index contributed by atoms with van der Waals surface area (Å²) >= 11 is 1.52. The van der Waals surface area contributed by atoms with Gasteiger partial charge in [-0.1, -0.05) is 19.1 Å². The van der Waals surface area contributed by atoms with Crippen LogP contribution < -0.4 is 10.2 Å². The van der Waals surface area contributed by atoms with E-state index < -0.39 is 0 Å². The van der Waals surface area contributed by atoms with E-state index in [0.717, 1.165) is 17.0 Å². The van der Waals surface area contributed by atoms with Crippen molar-refractivity contribution in [3.63, 3.8) is 0 Å². The van der Waals surface area contributed by atoms with Crippen LogP contribution in [0.1, 0.15) is 26.7 Å². The van der Waals surface area contributed by atoms with Crippen molar-refractivity contribution in [3.05, 3.63) is 24.3 Å². The molecule has 2 unspecified atom stereocenters. The molecule has 140 valence electrons. The lowest BCUT2D eigenvalue weighted by Gasteiger charge is -2.30. The number of fused-ring (bicyclic) bond motifs is 1. The fourth-order valence-corrected chi connectivity index (χ4v) is 4.39. The fraction of sp³-hybridized carbons (Fsp3) is 0.526. The Morgan fingerprint density at radius 2 is 2.12 bits per heavy atom. The van der Waals surface area contributed by atoms with E-state index in [1.165, 1.54) is 11.8 Å². The van der Waals surface area contributed by atoms with Crippen LogP contribution in [0.15, 0.2) is 29.2 Å². The Morgan fingerprint density at radius 3 is 2.88 bits per heavy atom. The number of carbonyl (C=O) groups is 3. The summed E-state index contributed by atoms with van der Waals surface area (Å²) in [4.78, 5) is 41.1. The topological polar surface area (TPSA) is 69.7 Å². The third-order valence-electron chi connectivity index (χ3n) is 5.10.